The third kappa shape index (κ3) is 3.63. The number of rotatable bonds is 3. The van der Waals surface area contributed by atoms with Gasteiger partial charge in [0.25, 0.3) is 5.91 Å². The van der Waals surface area contributed by atoms with Crippen LogP contribution in [0.1, 0.15) is 19.4 Å². The first-order valence-electron chi connectivity index (χ1n) is 7.87. The Morgan fingerprint density at radius 1 is 1.08 bits per heavy atom. The quantitative estimate of drug-likeness (QED) is 0.476. The molecule has 26 heavy (non-hydrogen) atoms. The third-order valence-electron chi connectivity index (χ3n) is 3.90. The summed E-state index contributed by atoms with van der Waals surface area (Å²) in [5.41, 5.74) is 9.53. The fourth-order valence-electron chi connectivity index (χ4n) is 2.58. The molecule has 1 heterocycles. The van der Waals surface area contributed by atoms with Crippen LogP contribution in [-0.4, -0.2) is 16.1 Å². The Morgan fingerprint density at radius 3 is 2.27 bits per heavy atom. The molecule has 0 saturated carbocycles. The molecular formula is C19H17N3O2S2. The van der Waals surface area contributed by atoms with Crippen molar-refractivity contribution in [3.05, 3.63) is 59.0 Å². The molecule has 1 saturated heterocycles. The Morgan fingerprint density at radius 2 is 1.69 bits per heavy atom. The Bertz CT molecular complexity index is 919. The number of nitrogens with two attached hydrogens (primary N) is 1. The van der Waals surface area contributed by atoms with Gasteiger partial charge in [0.1, 0.15) is 0 Å². The lowest BCUT2D eigenvalue weighted by Gasteiger charge is -2.15. The first-order valence-corrected chi connectivity index (χ1v) is 9.10. The maximum atomic E-state index is 12.9. The van der Waals surface area contributed by atoms with E-state index in [9.17, 15) is 9.59 Å². The van der Waals surface area contributed by atoms with Crippen LogP contribution < -0.4 is 16.0 Å². The normalized spacial score (nSPS) is 16.0. The van der Waals surface area contributed by atoms with Gasteiger partial charge >= 0.3 is 0 Å². The van der Waals surface area contributed by atoms with Gasteiger partial charge in [0.15, 0.2) is 4.32 Å². The molecule has 0 spiro atoms. The van der Waals surface area contributed by atoms with Gasteiger partial charge in [0, 0.05) is 18.3 Å². The number of allylic oxidation sites excluding steroid dienone is 1. The van der Waals surface area contributed by atoms with E-state index < -0.39 is 0 Å². The van der Waals surface area contributed by atoms with Gasteiger partial charge < -0.3 is 11.1 Å². The first kappa shape index (κ1) is 18.2. The van der Waals surface area contributed by atoms with E-state index in [0.29, 0.717) is 26.3 Å². The Balaban J connectivity index is 1.90. The minimum absolute atomic E-state index is 0.148. The van der Waals surface area contributed by atoms with Crippen LogP contribution in [0.5, 0.6) is 0 Å². The van der Waals surface area contributed by atoms with Crippen molar-refractivity contribution < 1.29 is 9.59 Å². The minimum atomic E-state index is -0.151. The van der Waals surface area contributed by atoms with Crippen LogP contribution in [0.4, 0.5) is 17.1 Å². The van der Waals surface area contributed by atoms with Gasteiger partial charge in [-0.2, -0.15) is 0 Å². The number of nitrogens with one attached hydrogen (secondary N) is 1. The number of nitrogen functional groups attached to an aromatic ring is 1. The van der Waals surface area contributed by atoms with Crippen LogP contribution in [0.3, 0.4) is 0 Å². The second-order valence-electron chi connectivity index (χ2n) is 5.81. The molecule has 1 fully saturated rings. The summed E-state index contributed by atoms with van der Waals surface area (Å²) < 4.78 is 0.479. The number of nitrogens with zero attached hydrogens (tertiary/aromatic N) is 1. The van der Waals surface area contributed by atoms with Crippen molar-refractivity contribution in [2.75, 3.05) is 16.0 Å². The standard InChI is InChI=1S/C19H17N3O2S2/c1-11(13-3-5-14(20)6-4-13)17-18(24)22(19(25)26-17)16-9-7-15(8-10-16)21-12(2)23/h3-10H,20H2,1-2H3,(H,21,23)/b17-11-. The highest BCUT2D eigenvalue weighted by Crippen LogP contribution is 2.39. The van der Waals surface area contributed by atoms with E-state index in [1.165, 1.54) is 23.6 Å². The number of thiocarbonyl (C=S) groups is 1. The molecule has 3 rings (SSSR count). The number of hydrogen-bond donors (Lipinski definition) is 2. The second kappa shape index (κ2) is 7.31. The van der Waals surface area contributed by atoms with Crippen LogP contribution in [-0.2, 0) is 9.59 Å². The molecule has 7 heteroatoms. The highest BCUT2D eigenvalue weighted by Gasteiger charge is 2.34. The topological polar surface area (TPSA) is 75.4 Å². The first-order chi connectivity index (χ1) is 12.4. The fraction of sp³-hybridized carbons (Fsp3) is 0.105. The van der Waals surface area contributed by atoms with E-state index in [4.69, 9.17) is 18.0 Å². The monoisotopic (exact) mass is 383 g/mol. The smallest absolute Gasteiger partial charge is 0.271 e. The summed E-state index contributed by atoms with van der Waals surface area (Å²) in [7, 11) is 0. The van der Waals surface area contributed by atoms with E-state index >= 15 is 0 Å². The van der Waals surface area contributed by atoms with Crippen LogP contribution in [0.15, 0.2) is 53.4 Å². The second-order valence-corrected chi connectivity index (χ2v) is 7.46. The molecule has 0 unspecified atom stereocenters. The SMILES string of the molecule is CC(=O)Nc1ccc(N2C(=O)/C(=C(\C)c3ccc(N)cc3)SC2=S)cc1. The Labute approximate surface area is 161 Å². The average Bonchev–Trinajstić information content (AvgIpc) is 2.90. The Kier molecular flexibility index (Phi) is 5.11. The van der Waals surface area contributed by atoms with Crippen LogP contribution in [0.2, 0.25) is 0 Å². The minimum Gasteiger partial charge on any atom is -0.399 e. The largest absolute Gasteiger partial charge is 0.399 e. The summed E-state index contributed by atoms with van der Waals surface area (Å²) in [6.07, 6.45) is 0. The molecule has 0 atom stereocenters. The highest BCUT2D eigenvalue weighted by atomic mass is 32.2. The van der Waals surface area contributed by atoms with Crippen molar-refractivity contribution >= 4 is 62.7 Å². The number of anilines is 3. The van der Waals surface area contributed by atoms with E-state index in [0.717, 1.165) is 11.1 Å². The average molecular weight is 383 g/mol. The Hall–Kier alpha value is -2.64. The zero-order valence-electron chi connectivity index (χ0n) is 14.3. The number of thioether (sulfide) groups is 1. The van der Waals surface area contributed by atoms with Crippen molar-refractivity contribution in [1.82, 2.24) is 0 Å². The molecule has 0 radical (unpaired) electrons. The third-order valence-corrected chi connectivity index (χ3v) is 5.37. The summed E-state index contributed by atoms with van der Waals surface area (Å²) in [4.78, 5) is 26.2. The molecule has 2 aromatic carbocycles. The van der Waals surface area contributed by atoms with E-state index in [1.54, 1.807) is 36.4 Å². The highest BCUT2D eigenvalue weighted by molar-refractivity contribution is 8.27. The van der Waals surface area contributed by atoms with Crippen LogP contribution in [0.25, 0.3) is 5.57 Å². The van der Waals surface area contributed by atoms with Crippen LogP contribution in [0, 0.1) is 0 Å². The summed E-state index contributed by atoms with van der Waals surface area (Å²) in [5, 5.41) is 2.70. The molecule has 0 bridgehead atoms. The summed E-state index contributed by atoms with van der Waals surface area (Å²) >= 11 is 6.70. The number of carbonyl (C=O) groups is 2. The van der Waals surface area contributed by atoms with Crippen molar-refractivity contribution in [3.63, 3.8) is 0 Å². The molecule has 5 nitrogen and oxygen atoms in total. The zero-order valence-corrected chi connectivity index (χ0v) is 15.9. The van der Waals surface area contributed by atoms with Gasteiger partial charge in [-0.1, -0.05) is 36.1 Å². The van der Waals surface area contributed by atoms with Gasteiger partial charge in [0.05, 0.1) is 10.6 Å². The molecule has 132 valence electrons. The lowest BCUT2D eigenvalue weighted by atomic mass is 10.1. The summed E-state index contributed by atoms with van der Waals surface area (Å²) in [5.74, 6) is -0.299. The van der Waals surface area contributed by atoms with E-state index in [2.05, 4.69) is 5.32 Å². The number of amides is 2. The molecule has 3 N–H and O–H groups in total. The van der Waals surface area contributed by atoms with Gasteiger partial charge in [-0.05, 0) is 54.5 Å². The van der Waals surface area contributed by atoms with E-state index in [-0.39, 0.29) is 11.8 Å². The van der Waals surface area contributed by atoms with Crippen molar-refractivity contribution in [2.45, 2.75) is 13.8 Å². The fourth-order valence-corrected chi connectivity index (χ4v) is 3.92. The van der Waals surface area contributed by atoms with Gasteiger partial charge in [-0.25, -0.2) is 0 Å². The molecule has 2 aromatic rings. The predicted molar refractivity (Wildman–Crippen MR) is 112 cm³/mol. The zero-order chi connectivity index (χ0) is 18.8. The predicted octanol–water partition coefficient (Wildman–Crippen LogP) is 4.02. The van der Waals surface area contributed by atoms with Crippen LogP contribution >= 0.6 is 24.0 Å². The maximum absolute atomic E-state index is 12.9. The molecule has 1 aliphatic heterocycles. The van der Waals surface area contributed by atoms with Gasteiger partial charge in [-0.15, -0.1) is 0 Å². The van der Waals surface area contributed by atoms with E-state index in [1.807, 2.05) is 19.1 Å². The molecule has 0 aromatic heterocycles. The number of carbonyl (C=O) groups excluding carboxylic acids is 2. The molecule has 0 aliphatic carbocycles. The van der Waals surface area contributed by atoms with Crippen molar-refractivity contribution in [1.29, 1.82) is 0 Å². The summed E-state index contributed by atoms with van der Waals surface area (Å²) in [6, 6.07) is 14.4. The molecular weight excluding hydrogens is 366 g/mol. The lowest BCUT2D eigenvalue weighted by Crippen LogP contribution is -2.27. The molecule has 1 aliphatic rings. The molecule has 2 amide bonds. The number of hydrogen-bond acceptors (Lipinski definition) is 5. The number of benzene rings is 2. The maximum Gasteiger partial charge on any atom is 0.271 e. The summed E-state index contributed by atoms with van der Waals surface area (Å²) in [6.45, 7) is 3.35. The van der Waals surface area contributed by atoms with Crippen molar-refractivity contribution in [2.24, 2.45) is 0 Å². The van der Waals surface area contributed by atoms with Gasteiger partial charge in [0.2, 0.25) is 5.91 Å². The van der Waals surface area contributed by atoms with Gasteiger partial charge in [-0.3, -0.25) is 14.5 Å². The lowest BCUT2D eigenvalue weighted by molar-refractivity contribution is -0.114. The van der Waals surface area contributed by atoms with Crippen molar-refractivity contribution in [3.8, 4) is 0 Å².